The maximum Gasteiger partial charge on any atom is 0.303 e. The molecule has 1 aromatic carbocycles. The van der Waals surface area contributed by atoms with Gasteiger partial charge in [0.15, 0.2) is 0 Å². The summed E-state index contributed by atoms with van der Waals surface area (Å²) in [6, 6.07) is 7.09. The highest BCUT2D eigenvalue weighted by Crippen LogP contribution is 2.27. The Morgan fingerprint density at radius 1 is 1.33 bits per heavy atom. The first-order valence-corrected chi connectivity index (χ1v) is 6.02. The van der Waals surface area contributed by atoms with Gasteiger partial charge in [-0.1, -0.05) is 12.1 Å². The van der Waals surface area contributed by atoms with Gasteiger partial charge in [-0.05, 0) is 44.9 Å². The van der Waals surface area contributed by atoms with Crippen molar-refractivity contribution in [3.05, 3.63) is 29.8 Å². The van der Waals surface area contributed by atoms with Gasteiger partial charge in [-0.15, -0.1) is 0 Å². The third-order valence-corrected chi connectivity index (χ3v) is 2.67. The molecular weight excluding hydrogens is 232 g/mol. The van der Waals surface area contributed by atoms with Crippen LogP contribution in [0.25, 0.3) is 0 Å². The fraction of sp³-hybridized carbons (Fsp3) is 0.500. The lowest BCUT2D eigenvalue weighted by atomic mass is 9.91. The Bertz CT molecular complexity index is 393. The molecule has 18 heavy (non-hydrogen) atoms. The topological polar surface area (TPSA) is 66.8 Å². The van der Waals surface area contributed by atoms with E-state index in [-0.39, 0.29) is 18.9 Å². The Morgan fingerprint density at radius 3 is 2.33 bits per heavy atom. The number of aliphatic hydroxyl groups is 1. The van der Waals surface area contributed by atoms with E-state index in [1.807, 2.05) is 13.8 Å². The van der Waals surface area contributed by atoms with Crippen LogP contribution in [0.5, 0.6) is 5.75 Å². The van der Waals surface area contributed by atoms with Crippen LogP contribution in [0.15, 0.2) is 24.3 Å². The Labute approximate surface area is 107 Å². The first-order valence-electron chi connectivity index (χ1n) is 6.02. The number of aliphatic carboxylic acids is 1. The minimum absolute atomic E-state index is 0.0583. The van der Waals surface area contributed by atoms with E-state index in [0.717, 1.165) is 5.75 Å². The molecule has 1 aromatic rings. The normalized spacial score (nSPS) is 14.3. The minimum Gasteiger partial charge on any atom is -0.491 e. The van der Waals surface area contributed by atoms with Crippen molar-refractivity contribution in [2.45, 2.75) is 45.3 Å². The average Bonchev–Trinajstić information content (AvgIpc) is 2.26. The highest BCUT2D eigenvalue weighted by Gasteiger charge is 2.23. The maximum atomic E-state index is 10.5. The molecule has 0 aliphatic carbocycles. The summed E-state index contributed by atoms with van der Waals surface area (Å²) in [5.74, 6) is -0.169. The second-order valence-electron chi connectivity index (χ2n) is 4.86. The van der Waals surface area contributed by atoms with Crippen molar-refractivity contribution in [3.63, 3.8) is 0 Å². The van der Waals surface area contributed by atoms with E-state index in [4.69, 9.17) is 9.84 Å². The van der Waals surface area contributed by atoms with Gasteiger partial charge < -0.3 is 14.9 Å². The van der Waals surface area contributed by atoms with Crippen molar-refractivity contribution in [1.29, 1.82) is 0 Å². The first-order chi connectivity index (χ1) is 8.31. The Balaban J connectivity index is 2.73. The lowest BCUT2D eigenvalue weighted by Gasteiger charge is -2.23. The van der Waals surface area contributed by atoms with E-state index < -0.39 is 11.6 Å². The van der Waals surface area contributed by atoms with Gasteiger partial charge in [0.1, 0.15) is 5.75 Å². The van der Waals surface area contributed by atoms with Gasteiger partial charge in [-0.2, -0.15) is 0 Å². The highest BCUT2D eigenvalue weighted by molar-refractivity contribution is 5.66. The molecule has 0 saturated carbocycles. The van der Waals surface area contributed by atoms with Crippen LogP contribution in [-0.4, -0.2) is 22.3 Å². The van der Waals surface area contributed by atoms with E-state index in [2.05, 4.69) is 0 Å². The van der Waals surface area contributed by atoms with Crippen molar-refractivity contribution < 1.29 is 19.7 Å². The van der Waals surface area contributed by atoms with E-state index in [0.29, 0.717) is 5.56 Å². The largest absolute Gasteiger partial charge is 0.491 e. The van der Waals surface area contributed by atoms with Crippen LogP contribution in [0.1, 0.15) is 39.2 Å². The molecule has 0 aromatic heterocycles. The molecule has 100 valence electrons. The van der Waals surface area contributed by atoms with Crippen LogP contribution in [0.2, 0.25) is 0 Å². The lowest BCUT2D eigenvalue weighted by Crippen LogP contribution is -2.22. The standard InChI is InChI=1S/C14H20O4/c1-10(2)18-12-6-4-11(5-7-12)14(3,17)9-8-13(15)16/h4-7,10,17H,8-9H2,1-3H3,(H,15,16). The Hall–Kier alpha value is -1.55. The lowest BCUT2D eigenvalue weighted by molar-refractivity contribution is -0.138. The van der Waals surface area contributed by atoms with Gasteiger partial charge in [-0.3, -0.25) is 4.79 Å². The van der Waals surface area contributed by atoms with Crippen LogP contribution in [0, 0.1) is 0 Å². The summed E-state index contributed by atoms with van der Waals surface area (Å²) in [5, 5.41) is 18.8. The summed E-state index contributed by atoms with van der Waals surface area (Å²) in [4.78, 5) is 10.5. The fourth-order valence-corrected chi connectivity index (χ4v) is 1.66. The molecule has 0 amide bonds. The van der Waals surface area contributed by atoms with E-state index >= 15 is 0 Å². The van der Waals surface area contributed by atoms with Crippen molar-refractivity contribution >= 4 is 5.97 Å². The molecule has 4 nitrogen and oxygen atoms in total. The van der Waals surface area contributed by atoms with Gasteiger partial charge in [0.2, 0.25) is 0 Å². The van der Waals surface area contributed by atoms with Crippen LogP contribution < -0.4 is 4.74 Å². The van der Waals surface area contributed by atoms with Gasteiger partial charge in [0.05, 0.1) is 11.7 Å². The third kappa shape index (κ3) is 4.37. The van der Waals surface area contributed by atoms with Crippen molar-refractivity contribution in [1.82, 2.24) is 0 Å². The molecule has 1 rings (SSSR count). The van der Waals surface area contributed by atoms with Gasteiger partial charge in [0.25, 0.3) is 0 Å². The second-order valence-corrected chi connectivity index (χ2v) is 4.86. The maximum absolute atomic E-state index is 10.5. The zero-order chi connectivity index (χ0) is 13.8. The number of rotatable bonds is 6. The van der Waals surface area contributed by atoms with Crippen LogP contribution in [-0.2, 0) is 10.4 Å². The van der Waals surface area contributed by atoms with Gasteiger partial charge in [-0.25, -0.2) is 0 Å². The molecule has 1 atom stereocenters. The molecule has 1 unspecified atom stereocenters. The first kappa shape index (κ1) is 14.5. The van der Waals surface area contributed by atoms with E-state index in [1.165, 1.54) is 0 Å². The van der Waals surface area contributed by atoms with E-state index in [9.17, 15) is 9.90 Å². The molecule has 4 heteroatoms. The van der Waals surface area contributed by atoms with Crippen LogP contribution in [0.4, 0.5) is 0 Å². The summed E-state index contributed by atoms with van der Waals surface area (Å²) in [6.45, 7) is 5.50. The molecule has 0 aliphatic heterocycles. The number of carbonyl (C=O) groups is 1. The second kappa shape index (κ2) is 5.87. The molecule has 0 spiro atoms. The number of hydrogen-bond donors (Lipinski definition) is 2. The fourth-order valence-electron chi connectivity index (χ4n) is 1.66. The Kier molecular flexibility index (Phi) is 4.73. The van der Waals surface area contributed by atoms with Crippen molar-refractivity contribution in [3.8, 4) is 5.75 Å². The predicted molar refractivity (Wildman–Crippen MR) is 68.6 cm³/mol. The number of carboxylic acids is 1. The summed E-state index contributed by atoms with van der Waals surface area (Å²) in [6.07, 6.45) is 0.229. The average molecular weight is 252 g/mol. The van der Waals surface area contributed by atoms with Crippen molar-refractivity contribution in [2.24, 2.45) is 0 Å². The number of benzene rings is 1. The minimum atomic E-state index is -1.13. The molecular formula is C14H20O4. The molecule has 2 N–H and O–H groups in total. The van der Waals surface area contributed by atoms with Crippen molar-refractivity contribution in [2.75, 3.05) is 0 Å². The summed E-state index contributed by atoms with van der Waals surface area (Å²) in [5.41, 5.74) is -0.436. The Morgan fingerprint density at radius 2 is 1.89 bits per heavy atom. The van der Waals surface area contributed by atoms with Gasteiger partial charge in [0, 0.05) is 6.42 Å². The zero-order valence-corrected chi connectivity index (χ0v) is 11.0. The van der Waals surface area contributed by atoms with Crippen LogP contribution >= 0.6 is 0 Å². The third-order valence-electron chi connectivity index (χ3n) is 2.67. The van der Waals surface area contributed by atoms with E-state index in [1.54, 1.807) is 31.2 Å². The smallest absolute Gasteiger partial charge is 0.303 e. The summed E-state index contributed by atoms with van der Waals surface area (Å²) < 4.78 is 5.50. The summed E-state index contributed by atoms with van der Waals surface area (Å²) in [7, 11) is 0. The predicted octanol–water partition coefficient (Wildman–Crippen LogP) is 2.55. The number of hydrogen-bond acceptors (Lipinski definition) is 3. The molecule has 0 radical (unpaired) electrons. The monoisotopic (exact) mass is 252 g/mol. The SMILES string of the molecule is CC(C)Oc1ccc(C(C)(O)CCC(=O)O)cc1. The molecule has 0 saturated heterocycles. The molecule has 0 heterocycles. The number of ether oxygens (including phenoxy) is 1. The number of carboxylic acid groups (broad SMARTS) is 1. The zero-order valence-electron chi connectivity index (χ0n) is 11.0. The summed E-state index contributed by atoms with van der Waals surface area (Å²) >= 11 is 0. The van der Waals surface area contributed by atoms with Gasteiger partial charge >= 0.3 is 5.97 Å². The molecule has 0 aliphatic rings. The molecule has 0 fully saturated rings. The quantitative estimate of drug-likeness (QED) is 0.816. The molecule has 0 bridgehead atoms. The van der Waals surface area contributed by atoms with Crippen LogP contribution in [0.3, 0.4) is 0 Å². The highest BCUT2D eigenvalue weighted by atomic mass is 16.5.